The number of carbonyl (C=O) groups is 1. The summed E-state index contributed by atoms with van der Waals surface area (Å²) in [5.74, 6) is -4.55. The standard InChI is InChI=1S/C20H21F4N3O/c1-11-5-3-7-13(16(11)21)14-8-4-6-12(17(14)22)9-15-18(25)20(23,24)10-27(15)19(28)26-2/h3-8,15,18H,9-10,25H2,1-2H3,(H,26,28)/t15-,18+/m0/s1. The molecule has 3 N–H and O–H groups in total. The number of likely N-dealkylation sites (tertiary alicyclic amines) is 1. The van der Waals surface area contributed by atoms with E-state index in [0.717, 1.165) is 4.90 Å². The van der Waals surface area contributed by atoms with Crippen LogP contribution >= 0.6 is 0 Å². The second-order valence-electron chi connectivity index (χ2n) is 6.96. The van der Waals surface area contributed by atoms with Crippen LogP contribution in [0.15, 0.2) is 36.4 Å². The third-order valence-corrected chi connectivity index (χ3v) is 5.15. The Morgan fingerprint density at radius 3 is 2.43 bits per heavy atom. The summed E-state index contributed by atoms with van der Waals surface area (Å²) in [4.78, 5) is 12.9. The predicted molar refractivity (Wildman–Crippen MR) is 98.1 cm³/mol. The summed E-state index contributed by atoms with van der Waals surface area (Å²) < 4.78 is 57.8. The molecule has 1 saturated heterocycles. The van der Waals surface area contributed by atoms with Gasteiger partial charge in [-0.25, -0.2) is 22.4 Å². The van der Waals surface area contributed by atoms with Gasteiger partial charge in [-0.3, -0.25) is 0 Å². The summed E-state index contributed by atoms with van der Waals surface area (Å²) in [6.07, 6.45) is -0.211. The van der Waals surface area contributed by atoms with Crippen LogP contribution in [0.1, 0.15) is 11.1 Å². The number of rotatable bonds is 3. The SMILES string of the molecule is CNC(=O)N1CC(F)(F)[C@H](N)[C@@H]1Cc1cccc(-c2cccc(C)c2F)c1F. The van der Waals surface area contributed by atoms with E-state index in [9.17, 15) is 18.0 Å². The van der Waals surface area contributed by atoms with Gasteiger partial charge in [-0.1, -0.05) is 36.4 Å². The molecule has 2 amide bonds. The lowest BCUT2D eigenvalue weighted by Gasteiger charge is -2.26. The fraction of sp³-hybridized carbons (Fsp3) is 0.350. The molecule has 0 bridgehead atoms. The first-order valence-electron chi connectivity index (χ1n) is 8.82. The van der Waals surface area contributed by atoms with E-state index in [-0.39, 0.29) is 23.1 Å². The molecule has 0 radical (unpaired) electrons. The van der Waals surface area contributed by atoms with Gasteiger partial charge in [-0.05, 0) is 24.5 Å². The third-order valence-electron chi connectivity index (χ3n) is 5.15. The minimum absolute atomic E-state index is 0.0310. The van der Waals surface area contributed by atoms with Gasteiger partial charge < -0.3 is 16.0 Å². The number of hydrogen-bond donors (Lipinski definition) is 2. The van der Waals surface area contributed by atoms with Crippen LogP contribution in [0.5, 0.6) is 0 Å². The predicted octanol–water partition coefficient (Wildman–Crippen LogP) is 3.47. The Kier molecular flexibility index (Phi) is 5.34. The highest BCUT2D eigenvalue weighted by molar-refractivity contribution is 5.75. The van der Waals surface area contributed by atoms with Crippen LogP contribution in [0, 0.1) is 18.6 Å². The lowest BCUT2D eigenvalue weighted by molar-refractivity contribution is 0.000119. The summed E-state index contributed by atoms with van der Waals surface area (Å²) in [6.45, 7) is 0.730. The van der Waals surface area contributed by atoms with E-state index in [2.05, 4.69) is 5.32 Å². The fourth-order valence-electron chi connectivity index (χ4n) is 3.55. The number of aryl methyl sites for hydroxylation is 1. The number of urea groups is 1. The summed E-state index contributed by atoms with van der Waals surface area (Å²) >= 11 is 0. The molecule has 2 aromatic rings. The highest BCUT2D eigenvalue weighted by Crippen LogP contribution is 2.35. The molecule has 28 heavy (non-hydrogen) atoms. The minimum atomic E-state index is -3.28. The Bertz CT molecular complexity index is 903. The first-order chi connectivity index (χ1) is 13.2. The van der Waals surface area contributed by atoms with Gasteiger partial charge in [0.1, 0.15) is 11.6 Å². The first kappa shape index (κ1) is 20.1. The maximum absolute atomic E-state index is 15.1. The van der Waals surface area contributed by atoms with Crippen molar-refractivity contribution < 1.29 is 22.4 Å². The smallest absolute Gasteiger partial charge is 0.317 e. The zero-order valence-electron chi connectivity index (χ0n) is 15.5. The van der Waals surface area contributed by atoms with Crippen molar-refractivity contribution in [1.82, 2.24) is 10.2 Å². The lowest BCUT2D eigenvalue weighted by atomic mass is 9.94. The van der Waals surface area contributed by atoms with Crippen LogP contribution in [0.2, 0.25) is 0 Å². The Hall–Kier alpha value is -2.61. The topological polar surface area (TPSA) is 58.4 Å². The van der Waals surface area contributed by atoms with Gasteiger partial charge in [0.15, 0.2) is 0 Å². The normalized spacial score (nSPS) is 21.0. The van der Waals surface area contributed by atoms with Crippen LogP contribution in [0.4, 0.5) is 22.4 Å². The van der Waals surface area contributed by atoms with Gasteiger partial charge in [0, 0.05) is 18.2 Å². The second-order valence-corrected chi connectivity index (χ2v) is 6.96. The van der Waals surface area contributed by atoms with Gasteiger partial charge in [0.2, 0.25) is 0 Å². The number of hydrogen-bond acceptors (Lipinski definition) is 2. The number of nitrogens with two attached hydrogens (primary N) is 1. The largest absolute Gasteiger partial charge is 0.341 e. The second kappa shape index (κ2) is 7.43. The van der Waals surface area contributed by atoms with Crippen LogP contribution in [-0.2, 0) is 6.42 Å². The fourth-order valence-corrected chi connectivity index (χ4v) is 3.55. The van der Waals surface area contributed by atoms with Gasteiger partial charge >= 0.3 is 6.03 Å². The number of nitrogens with zero attached hydrogens (tertiary/aromatic N) is 1. The Morgan fingerprint density at radius 1 is 1.18 bits per heavy atom. The van der Waals surface area contributed by atoms with Crippen molar-refractivity contribution in [3.8, 4) is 11.1 Å². The molecular formula is C20H21F4N3O. The molecule has 1 heterocycles. The van der Waals surface area contributed by atoms with Gasteiger partial charge in [-0.15, -0.1) is 0 Å². The molecule has 1 fully saturated rings. The molecule has 0 saturated carbocycles. The molecule has 0 unspecified atom stereocenters. The van der Waals surface area contributed by atoms with E-state index in [4.69, 9.17) is 5.73 Å². The number of carbonyl (C=O) groups excluding carboxylic acids is 1. The van der Waals surface area contributed by atoms with Crippen molar-refractivity contribution in [1.29, 1.82) is 0 Å². The quantitative estimate of drug-likeness (QED) is 0.782. The number of alkyl halides is 2. The molecule has 0 aliphatic carbocycles. The van der Waals surface area contributed by atoms with Crippen molar-refractivity contribution in [3.63, 3.8) is 0 Å². The molecule has 150 valence electrons. The Balaban J connectivity index is 1.99. The molecule has 8 heteroatoms. The van der Waals surface area contributed by atoms with E-state index < -0.39 is 42.2 Å². The van der Waals surface area contributed by atoms with Gasteiger partial charge in [0.25, 0.3) is 5.92 Å². The van der Waals surface area contributed by atoms with Crippen LogP contribution in [0.3, 0.4) is 0 Å². The highest BCUT2D eigenvalue weighted by atomic mass is 19.3. The monoisotopic (exact) mass is 395 g/mol. The molecule has 0 aromatic heterocycles. The summed E-state index contributed by atoms with van der Waals surface area (Å²) in [7, 11) is 1.32. The third kappa shape index (κ3) is 3.44. The molecule has 3 rings (SSSR count). The molecule has 2 atom stereocenters. The number of halogens is 4. The molecular weight excluding hydrogens is 374 g/mol. The average Bonchev–Trinajstić information content (AvgIpc) is 2.89. The Labute approximate surface area is 160 Å². The van der Waals surface area contributed by atoms with Gasteiger partial charge in [0.05, 0.1) is 18.6 Å². The molecule has 1 aliphatic heterocycles. The number of nitrogens with one attached hydrogen (secondary N) is 1. The maximum atomic E-state index is 15.1. The van der Waals surface area contributed by atoms with Crippen molar-refractivity contribution >= 4 is 6.03 Å². The van der Waals surface area contributed by atoms with E-state index in [1.807, 2.05) is 0 Å². The van der Waals surface area contributed by atoms with Crippen LogP contribution in [0.25, 0.3) is 11.1 Å². The van der Waals surface area contributed by atoms with Crippen molar-refractivity contribution in [2.75, 3.05) is 13.6 Å². The number of amides is 2. The highest BCUT2D eigenvalue weighted by Gasteiger charge is 2.54. The van der Waals surface area contributed by atoms with Gasteiger partial charge in [-0.2, -0.15) is 0 Å². The number of benzene rings is 2. The van der Waals surface area contributed by atoms with E-state index in [1.54, 1.807) is 19.1 Å². The minimum Gasteiger partial charge on any atom is -0.341 e. The molecule has 1 aliphatic rings. The Morgan fingerprint density at radius 2 is 1.79 bits per heavy atom. The summed E-state index contributed by atoms with van der Waals surface area (Å²) in [6, 6.07) is 5.58. The zero-order valence-corrected chi connectivity index (χ0v) is 15.5. The van der Waals surface area contributed by atoms with Crippen LogP contribution < -0.4 is 11.1 Å². The molecule has 4 nitrogen and oxygen atoms in total. The average molecular weight is 395 g/mol. The molecule has 0 spiro atoms. The van der Waals surface area contributed by atoms with E-state index in [1.165, 1.54) is 31.3 Å². The van der Waals surface area contributed by atoms with Crippen molar-refractivity contribution in [2.24, 2.45) is 5.73 Å². The van der Waals surface area contributed by atoms with Crippen molar-refractivity contribution in [2.45, 2.75) is 31.4 Å². The van der Waals surface area contributed by atoms with E-state index in [0.29, 0.717) is 5.56 Å². The molecule has 2 aromatic carbocycles. The summed E-state index contributed by atoms with van der Waals surface area (Å²) in [5, 5.41) is 2.30. The van der Waals surface area contributed by atoms with Crippen molar-refractivity contribution in [3.05, 3.63) is 59.2 Å². The maximum Gasteiger partial charge on any atom is 0.317 e. The van der Waals surface area contributed by atoms with E-state index >= 15 is 4.39 Å². The zero-order chi connectivity index (χ0) is 20.6. The summed E-state index contributed by atoms with van der Waals surface area (Å²) in [5.41, 5.74) is 6.25. The lowest BCUT2D eigenvalue weighted by Crippen LogP contribution is -2.48. The van der Waals surface area contributed by atoms with Crippen LogP contribution in [-0.4, -0.2) is 42.5 Å². The first-order valence-corrected chi connectivity index (χ1v) is 8.82.